The molecule has 0 bridgehead atoms. The average molecular weight is 439 g/mol. The Kier molecular flexibility index (Phi) is 6.58. The zero-order valence-corrected chi connectivity index (χ0v) is 18.4. The minimum absolute atomic E-state index is 0.00563. The molecule has 0 radical (unpaired) electrons. The van der Waals surface area contributed by atoms with E-state index in [1.165, 1.54) is 11.8 Å². The predicted molar refractivity (Wildman–Crippen MR) is 121 cm³/mol. The Bertz CT molecular complexity index is 1080. The standard InChI is InChI=1S/C23H26N4O3S/c1-15-11-16(2)13-18(12-15)24-21(28)20(17-7-4-3-5-8-17)31-23-26-25-22(29)27(23)14-19-9-6-10-30-19/h3-5,7-8,11-13,19-20H,6,9-10,14H2,1-2H3,(H,24,28)(H,25,29). The lowest BCUT2D eigenvalue weighted by molar-refractivity contribution is -0.115. The summed E-state index contributed by atoms with van der Waals surface area (Å²) in [7, 11) is 0. The quantitative estimate of drug-likeness (QED) is 0.547. The third kappa shape index (κ3) is 5.26. The van der Waals surface area contributed by atoms with E-state index in [-0.39, 0.29) is 17.7 Å². The summed E-state index contributed by atoms with van der Waals surface area (Å²) in [4.78, 5) is 25.7. The third-order valence-electron chi connectivity index (χ3n) is 5.19. The van der Waals surface area contributed by atoms with E-state index in [0.29, 0.717) is 18.3 Å². The average Bonchev–Trinajstić information content (AvgIpc) is 3.37. The van der Waals surface area contributed by atoms with Crippen molar-refractivity contribution < 1.29 is 9.53 Å². The Hall–Kier alpha value is -2.84. The van der Waals surface area contributed by atoms with Gasteiger partial charge >= 0.3 is 5.69 Å². The highest BCUT2D eigenvalue weighted by Gasteiger charge is 2.27. The van der Waals surface area contributed by atoms with Gasteiger partial charge in [0.05, 0.1) is 12.6 Å². The molecule has 2 aromatic carbocycles. The number of nitrogens with zero attached hydrogens (tertiary/aromatic N) is 2. The van der Waals surface area contributed by atoms with Crippen LogP contribution in [0.25, 0.3) is 0 Å². The summed E-state index contributed by atoms with van der Waals surface area (Å²) in [5, 5.41) is 9.65. The number of rotatable bonds is 7. The number of carbonyl (C=O) groups excluding carboxylic acids is 1. The van der Waals surface area contributed by atoms with Crippen LogP contribution in [0.2, 0.25) is 0 Å². The molecule has 0 saturated carbocycles. The van der Waals surface area contributed by atoms with Crippen molar-refractivity contribution in [2.75, 3.05) is 11.9 Å². The summed E-state index contributed by atoms with van der Waals surface area (Å²) in [5.41, 5.74) is 3.46. The van der Waals surface area contributed by atoms with Gasteiger partial charge < -0.3 is 10.1 Å². The first-order valence-electron chi connectivity index (χ1n) is 10.4. The Labute approximate surface area is 185 Å². The Morgan fingerprint density at radius 1 is 1.26 bits per heavy atom. The minimum Gasteiger partial charge on any atom is -0.376 e. The zero-order valence-electron chi connectivity index (χ0n) is 17.6. The van der Waals surface area contributed by atoms with Crippen molar-refractivity contribution in [1.29, 1.82) is 0 Å². The SMILES string of the molecule is Cc1cc(C)cc(NC(=O)C(Sc2n[nH]c(=O)n2CC2CCCO2)c2ccccc2)c1. The molecular weight excluding hydrogens is 412 g/mol. The van der Waals surface area contributed by atoms with Gasteiger partial charge in [-0.1, -0.05) is 48.2 Å². The van der Waals surface area contributed by atoms with Gasteiger partial charge in [0.25, 0.3) is 0 Å². The van der Waals surface area contributed by atoms with Crippen LogP contribution in [-0.4, -0.2) is 33.4 Å². The molecule has 8 heteroatoms. The highest BCUT2D eigenvalue weighted by Crippen LogP contribution is 2.35. The fourth-order valence-corrected chi connectivity index (χ4v) is 4.86. The number of carbonyl (C=O) groups is 1. The van der Waals surface area contributed by atoms with Gasteiger partial charge in [-0.2, -0.15) is 0 Å². The van der Waals surface area contributed by atoms with Crippen molar-refractivity contribution in [2.24, 2.45) is 0 Å². The summed E-state index contributed by atoms with van der Waals surface area (Å²) in [6, 6.07) is 15.5. The third-order valence-corrected chi connectivity index (χ3v) is 6.43. The van der Waals surface area contributed by atoms with Crippen LogP contribution in [0, 0.1) is 13.8 Å². The van der Waals surface area contributed by atoms with Gasteiger partial charge in [-0.25, -0.2) is 9.89 Å². The molecule has 1 fully saturated rings. The van der Waals surface area contributed by atoms with Gasteiger partial charge in [0, 0.05) is 12.3 Å². The number of hydrogen-bond donors (Lipinski definition) is 2. The second kappa shape index (κ2) is 9.53. The van der Waals surface area contributed by atoms with Gasteiger partial charge in [0.2, 0.25) is 5.91 Å². The molecule has 0 spiro atoms. The fraction of sp³-hybridized carbons (Fsp3) is 0.348. The van der Waals surface area contributed by atoms with Gasteiger partial charge in [-0.15, -0.1) is 5.10 Å². The maximum absolute atomic E-state index is 13.3. The van der Waals surface area contributed by atoms with Crippen LogP contribution < -0.4 is 11.0 Å². The van der Waals surface area contributed by atoms with Crippen LogP contribution >= 0.6 is 11.8 Å². The van der Waals surface area contributed by atoms with Crippen LogP contribution in [0.4, 0.5) is 5.69 Å². The van der Waals surface area contributed by atoms with Gasteiger partial charge in [-0.3, -0.25) is 9.36 Å². The molecular formula is C23H26N4O3S. The largest absolute Gasteiger partial charge is 0.376 e. The normalized spacial score (nSPS) is 16.9. The maximum atomic E-state index is 13.3. The Morgan fingerprint density at radius 3 is 2.68 bits per heavy atom. The highest BCUT2D eigenvalue weighted by molar-refractivity contribution is 8.00. The number of aromatic amines is 1. The van der Waals surface area contributed by atoms with Gasteiger partial charge in [0.15, 0.2) is 5.16 Å². The zero-order chi connectivity index (χ0) is 21.8. The fourth-order valence-electron chi connectivity index (χ4n) is 3.81. The number of hydrogen-bond acceptors (Lipinski definition) is 5. The number of nitrogens with one attached hydrogen (secondary N) is 2. The molecule has 162 valence electrons. The molecule has 7 nitrogen and oxygen atoms in total. The molecule has 2 N–H and O–H groups in total. The molecule has 2 heterocycles. The Morgan fingerprint density at radius 2 is 2.00 bits per heavy atom. The van der Waals surface area contributed by atoms with E-state index in [4.69, 9.17) is 4.74 Å². The van der Waals surface area contributed by atoms with E-state index in [2.05, 4.69) is 21.6 Å². The molecule has 1 saturated heterocycles. The number of benzene rings is 2. The van der Waals surface area contributed by atoms with Crippen molar-refractivity contribution in [3.05, 3.63) is 75.7 Å². The summed E-state index contributed by atoms with van der Waals surface area (Å²) < 4.78 is 7.25. The summed E-state index contributed by atoms with van der Waals surface area (Å²) in [5.74, 6) is -0.166. The first kappa shape index (κ1) is 21.4. The first-order valence-corrected chi connectivity index (χ1v) is 11.2. The second-order valence-electron chi connectivity index (χ2n) is 7.83. The molecule has 1 aliphatic heterocycles. The van der Waals surface area contributed by atoms with Crippen LogP contribution in [0.5, 0.6) is 0 Å². The smallest absolute Gasteiger partial charge is 0.344 e. The van der Waals surface area contributed by atoms with Crippen molar-refractivity contribution in [3.63, 3.8) is 0 Å². The maximum Gasteiger partial charge on any atom is 0.344 e. The number of aromatic nitrogens is 3. The van der Waals surface area contributed by atoms with Crippen molar-refractivity contribution in [1.82, 2.24) is 14.8 Å². The molecule has 2 atom stereocenters. The topological polar surface area (TPSA) is 89.0 Å². The number of ether oxygens (including phenoxy) is 1. The van der Waals surface area contributed by atoms with Gasteiger partial charge in [-0.05, 0) is 55.5 Å². The molecule has 1 amide bonds. The van der Waals surface area contributed by atoms with Crippen LogP contribution in [0.1, 0.15) is 34.8 Å². The van der Waals surface area contributed by atoms with Crippen LogP contribution in [0.3, 0.4) is 0 Å². The molecule has 2 unspecified atom stereocenters. The predicted octanol–water partition coefficient (Wildman–Crippen LogP) is 3.84. The summed E-state index contributed by atoms with van der Waals surface area (Å²) >= 11 is 1.26. The minimum atomic E-state index is -0.569. The number of thioether (sulfide) groups is 1. The van der Waals surface area contributed by atoms with E-state index >= 15 is 0 Å². The lowest BCUT2D eigenvalue weighted by atomic mass is 10.1. The van der Waals surface area contributed by atoms with Gasteiger partial charge in [0.1, 0.15) is 5.25 Å². The molecule has 3 aromatic rings. The van der Waals surface area contributed by atoms with Crippen LogP contribution in [0.15, 0.2) is 58.5 Å². The van der Waals surface area contributed by atoms with E-state index in [9.17, 15) is 9.59 Å². The summed E-state index contributed by atoms with van der Waals surface area (Å²) in [6.45, 7) is 5.14. The molecule has 0 aliphatic carbocycles. The molecule has 31 heavy (non-hydrogen) atoms. The molecule has 1 aliphatic rings. The highest BCUT2D eigenvalue weighted by atomic mass is 32.2. The number of aryl methyl sites for hydroxylation is 2. The number of anilines is 1. The lowest BCUT2D eigenvalue weighted by Gasteiger charge is -2.18. The first-order chi connectivity index (χ1) is 15.0. The molecule has 4 rings (SSSR count). The van der Waals surface area contributed by atoms with E-state index in [0.717, 1.165) is 35.2 Å². The van der Waals surface area contributed by atoms with Crippen molar-refractivity contribution in [3.8, 4) is 0 Å². The van der Waals surface area contributed by atoms with Crippen molar-refractivity contribution in [2.45, 2.75) is 49.7 Å². The monoisotopic (exact) mass is 438 g/mol. The molecule has 1 aromatic heterocycles. The second-order valence-corrected chi connectivity index (χ2v) is 8.90. The summed E-state index contributed by atoms with van der Waals surface area (Å²) in [6.07, 6.45) is 1.90. The van der Waals surface area contributed by atoms with Crippen molar-refractivity contribution >= 4 is 23.4 Å². The van der Waals surface area contributed by atoms with E-state index in [1.807, 2.05) is 56.3 Å². The number of amides is 1. The number of H-pyrrole nitrogens is 1. The lowest BCUT2D eigenvalue weighted by Crippen LogP contribution is -2.26. The van der Waals surface area contributed by atoms with E-state index < -0.39 is 5.25 Å². The Balaban J connectivity index is 1.60. The van der Waals surface area contributed by atoms with E-state index in [1.54, 1.807) is 4.57 Å². The van der Waals surface area contributed by atoms with Crippen LogP contribution in [-0.2, 0) is 16.1 Å².